The molecule has 0 N–H and O–H groups in total. The molecule has 4 heteroatoms. The zero-order chi connectivity index (χ0) is 13.5. The highest BCUT2D eigenvalue weighted by Gasteiger charge is 2.16. The van der Waals surface area contributed by atoms with E-state index in [1.54, 1.807) is 6.07 Å². The fourth-order valence-corrected chi connectivity index (χ4v) is 1.98. The highest BCUT2D eigenvalue weighted by molar-refractivity contribution is 6.18. The van der Waals surface area contributed by atoms with Crippen molar-refractivity contribution in [3.8, 4) is 17.6 Å². The standard InChI is InChI=1S/C15H16ClFO2/c16-8-2-1-3-12-11-13(17)4-5-15(12)19-14-6-9-18-10-7-14/h4-5,11,14H,2,6-10H2. The molecule has 0 aromatic heterocycles. The van der Waals surface area contributed by atoms with Crippen LogP contribution in [0, 0.1) is 17.7 Å². The molecule has 0 bridgehead atoms. The molecule has 1 aromatic rings. The van der Waals surface area contributed by atoms with Gasteiger partial charge in [0.15, 0.2) is 0 Å². The minimum absolute atomic E-state index is 0.118. The Kier molecular flexibility index (Phi) is 5.50. The Labute approximate surface area is 117 Å². The number of alkyl halides is 1. The lowest BCUT2D eigenvalue weighted by Crippen LogP contribution is -2.26. The molecular formula is C15H16ClFO2. The van der Waals surface area contributed by atoms with Gasteiger partial charge in [0.2, 0.25) is 0 Å². The van der Waals surface area contributed by atoms with Gasteiger partial charge < -0.3 is 9.47 Å². The summed E-state index contributed by atoms with van der Waals surface area (Å²) in [5.41, 5.74) is 0.580. The van der Waals surface area contributed by atoms with Gasteiger partial charge in [-0.1, -0.05) is 11.8 Å². The summed E-state index contributed by atoms with van der Waals surface area (Å²) in [5.74, 6) is 6.61. The van der Waals surface area contributed by atoms with Crippen molar-refractivity contribution in [2.45, 2.75) is 25.4 Å². The van der Waals surface area contributed by atoms with Crippen molar-refractivity contribution < 1.29 is 13.9 Å². The van der Waals surface area contributed by atoms with Gasteiger partial charge in [0.05, 0.1) is 18.8 Å². The first-order chi connectivity index (χ1) is 9.29. The lowest BCUT2D eigenvalue weighted by Gasteiger charge is -2.23. The van der Waals surface area contributed by atoms with Gasteiger partial charge in [0, 0.05) is 25.1 Å². The second kappa shape index (κ2) is 7.37. The molecule has 0 saturated carbocycles. The van der Waals surface area contributed by atoms with Crippen molar-refractivity contribution in [2.75, 3.05) is 19.1 Å². The van der Waals surface area contributed by atoms with Gasteiger partial charge in [-0.05, 0) is 18.2 Å². The largest absolute Gasteiger partial charge is 0.489 e. The molecular weight excluding hydrogens is 267 g/mol. The monoisotopic (exact) mass is 282 g/mol. The molecule has 19 heavy (non-hydrogen) atoms. The summed E-state index contributed by atoms with van der Waals surface area (Å²) in [5, 5.41) is 0. The van der Waals surface area contributed by atoms with Crippen molar-refractivity contribution in [1.29, 1.82) is 0 Å². The molecule has 0 aliphatic carbocycles. The van der Waals surface area contributed by atoms with Crippen molar-refractivity contribution in [3.63, 3.8) is 0 Å². The third-order valence-electron chi connectivity index (χ3n) is 2.85. The van der Waals surface area contributed by atoms with Gasteiger partial charge in [-0.25, -0.2) is 4.39 Å². The predicted molar refractivity (Wildman–Crippen MR) is 73.1 cm³/mol. The summed E-state index contributed by atoms with van der Waals surface area (Å²) in [7, 11) is 0. The SMILES string of the molecule is Fc1ccc(OC2CCOCC2)c(C#CCCCl)c1. The van der Waals surface area contributed by atoms with Crippen LogP contribution in [0.15, 0.2) is 18.2 Å². The van der Waals surface area contributed by atoms with Crippen LogP contribution in [0.4, 0.5) is 4.39 Å². The smallest absolute Gasteiger partial charge is 0.135 e. The maximum absolute atomic E-state index is 13.3. The normalized spacial score (nSPS) is 15.7. The molecule has 1 aromatic carbocycles. The Morgan fingerprint density at radius 1 is 1.37 bits per heavy atom. The summed E-state index contributed by atoms with van der Waals surface area (Å²) in [4.78, 5) is 0. The molecule has 0 atom stereocenters. The summed E-state index contributed by atoms with van der Waals surface area (Å²) in [6.45, 7) is 1.41. The first-order valence-electron chi connectivity index (χ1n) is 6.38. The van der Waals surface area contributed by atoms with Crippen LogP contribution in [0.5, 0.6) is 5.75 Å². The van der Waals surface area contributed by atoms with Crippen LogP contribution in [0.1, 0.15) is 24.8 Å². The average molecular weight is 283 g/mol. The summed E-state index contributed by atoms with van der Waals surface area (Å²) < 4.78 is 24.4. The first-order valence-corrected chi connectivity index (χ1v) is 6.92. The molecule has 102 valence electrons. The minimum atomic E-state index is -0.311. The van der Waals surface area contributed by atoms with Gasteiger partial charge in [-0.15, -0.1) is 11.6 Å². The van der Waals surface area contributed by atoms with Crippen LogP contribution >= 0.6 is 11.6 Å². The quantitative estimate of drug-likeness (QED) is 0.625. The molecule has 1 fully saturated rings. The fourth-order valence-electron chi connectivity index (χ4n) is 1.88. The number of hydrogen-bond acceptors (Lipinski definition) is 2. The number of halogens is 2. The van der Waals surface area contributed by atoms with Crippen molar-refractivity contribution in [3.05, 3.63) is 29.6 Å². The number of rotatable bonds is 3. The third kappa shape index (κ3) is 4.41. The molecule has 1 saturated heterocycles. The molecule has 1 heterocycles. The third-order valence-corrected chi connectivity index (χ3v) is 3.04. The van der Waals surface area contributed by atoms with Gasteiger partial charge >= 0.3 is 0 Å². The highest BCUT2D eigenvalue weighted by atomic mass is 35.5. The van der Waals surface area contributed by atoms with Gasteiger partial charge in [-0.2, -0.15) is 0 Å². The minimum Gasteiger partial charge on any atom is -0.489 e. The van der Waals surface area contributed by atoms with Crippen LogP contribution in [-0.2, 0) is 4.74 Å². The van der Waals surface area contributed by atoms with E-state index in [2.05, 4.69) is 11.8 Å². The van der Waals surface area contributed by atoms with Gasteiger partial charge in [0.25, 0.3) is 0 Å². The molecule has 2 nitrogen and oxygen atoms in total. The lowest BCUT2D eigenvalue weighted by atomic mass is 10.1. The number of ether oxygens (including phenoxy) is 2. The fraction of sp³-hybridized carbons (Fsp3) is 0.467. The van der Waals surface area contributed by atoms with Crippen LogP contribution in [0.3, 0.4) is 0 Å². The van der Waals surface area contributed by atoms with Crippen LogP contribution < -0.4 is 4.74 Å². The average Bonchev–Trinajstić information content (AvgIpc) is 2.43. The first kappa shape index (κ1) is 14.2. The van der Waals surface area contributed by atoms with Crippen LogP contribution in [-0.4, -0.2) is 25.2 Å². The highest BCUT2D eigenvalue weighted by Crippen LogP contribution is 2.23. The van der Waals surface area contributed by atoms with E-state index in [0.717, 1.165) is 12.8 Å². The van der Waals surface area contributed by atoms with E-state index in [9.17, 15) is 4.39 Å². The predicted octanol–water partition coefficient (Wildman–Crippen LogP) is 3.36. The van der Waals surface area contributed by atoms with E-state index in [0.29, 0.717) is 36.8 Å². The van der Waals surface area contributed by atoms with E-state index >= 15 is 0 Å². The van der Waals surface area contributed by atoms with E-state index in [4.69, 9.17) is 21.1 Å². The Morgan fingerprint density at radius 2 is 2.16 bits per heavy atom. The van der Waals surface area contributed by atoms with Crippen LogP contribution in [0.25, 0.3) is 0 Å². The maximum atomic E-state index is 13.3. The topological polar surface area (TPSA) is 18.5 Å². The van der Waals surface area contributed by atoms with Crippen molar-refractivity contribution >= 4 is 11.6 Å². The molecule has 1 aliphatic heterocycles. The number of benzene rings is 1. The Hall–Kier alpha value is -1.24. The maximum Gasteiger partial charge on any atom is 0.135 e. The molecule has 0 spiro atoms. The molecule has 0 unspecified atom stereocenters. The van der Waals surface area contributed by atoms with Crippen molar-refractivity contribution in [2.24, 2.45) is 0 Å². The Bertz CT molecular complexity index is 473. The lowest BCUT2D eigenvalue weighted by molar-refractivity contribution is 0.0254. The second-order valence-corrected chi connectivity index (χ2v) is 4.69. The van der Waals surface area contributed by atoms with Gasteiger partial charge in [0.1, 0.15) is 17.7 Å². The summed E-state index contributed by atoms with van der Waals surface area (Å²) >= 11 is 5.57. The van der Waals surface area contributed by atoms with Gasteiger partial charge in [-0.3, -0.25) is 0 Å². The zero-order valence-corrected chi connectivity index (χ0v) is 11.4. The summed E-state index contributed by atoms with van der Waals surface area (Å²) in [6, 6.07) is 4.42. The second-order valence-electron chi connectivity index (χ2n) is 4.31. The van der Waals surface area contributed by atoms with E-state index in [-0.39, 0.29) is 11.9 Å². The Balaban J connectivity index is 2.12. The van der Waals surface area contributed by atoms with Crippen molar-refractivity contribution in [1.82, 2.24) is 0 Å². The summed E-state index contributed by atoms with van der Waals surface area (Å²) in [6.07, 6.45) is 2.40. The van der Waals surface area contributed by atoms with E-state index in [1.165, 1.54) is 12.1 Å². The molecule has 2 rings (SSSR count). The van der Waals surface area contributed by atoms with Crippen LogP contribution in [0.2, 0.25) is 0 Å². The molecule has 0 amide bonds. The molecule has 0 radical (unpaired) electrons. The molecule has 1 aliphatic rings. The Morgan fingerprint density at radius 3 is 2.89 bits per heavy atom. The van der Waals surface area contributed by atoms with E-state index < -0.39 is 0 Å². The zero-order valence-electron chi connectivity index (χ0n) is 10.6. The number of hydrogen-bond donors (Lipinski definition) is 0. The van der Waals surface area contributed by atoms with E-state index in [1.807, 2.05) is 0 Å².